The van der Waals surface area contributed by atoms with Crippen molar-refractivity contribution in [1.82, 2.24) is 0 Å². The predicted molar refractivity (Wildman–Crippen MR) is 75.1 cm³/mol. The summed E-state index contributed by atoms with van der Waals surface area (Å²) < 4.78 is 2.13. The Kier molecular flexibility index (Phi) is 10.7. The molecule has 3 heteroatoms. The summed E-state index contributed by atoms with van der Waals surface area (Å²) in [4.78, 5) is 0. The largest absolute Gasteiger partial charge is 0.123 e. The molecule has 0 aromatic carbocycles. The molecule has 0 aliphatic carbocycles. The molecule has 0 nitrogen and oxygen atoms in total. The van der Waals surface area contributed by atoms with Crippen LogP contribution in [0, 0.1) is 0 Å². The third kappa shape index (κ3) is 8.35. The number of hydrogen-bond acceptors (Lipinski definition) is 0. The van der Waals surface area contributed by atoms with E-state index in [0.29, 0.717) is 5.38 Å². The predicted octanol–water partition coefficient (Wildman–Crippen LogP) is 4.80. The number of hydrogen-bond donors (Lipinski definition) is 0. The molecular weight excluding hydrogens is 397 g/mol. The maximum Gasteiger partial charge on any atom is 0.0333 e. The topological polar surface area (TPSA) is 0 Å². The lowest BCUT2D eigenvalue weighted by Crippen LogP contribution is -2.03. The Hall–Kier alpha value is 1.75. The second kappa shape index (κ2) is 9.31. The Morgan fingerprint density at radius 3 is 2.42 bits per heavy atom. The first-order valence-corrected chi connectivity index (χ1v) is 7.75. The van der Waals surface area contributed by atoms with Crippen LogP contribution in [0.3, 0.4) is 0 Å². The van der Waals surface area contributed by atoms with Crippen LogP contribution < -0.4 is 0 Å². The Labute approximate surface area is 108 Å². The first-order chi connectivity index (χ1) is 5.70. The van der Waals surface area contributed by atoms with Crippen LogP contribution in [0.25, 0.3) is 0 Å². The minimum absolute atomic E-state index is 0.405. The van der Waals surface area contributed by atoms with Crippen molar-refractivity contribution in [3.05, 3.63) is 0 Å². The number of alkyl halides is 3. The molecule has 0 aliphatic heterocycles. The van der Waals surface area contributed by atoms with Crippen molar-refractivity contribution in [1.29, 1.82) is 0 Å². The van der Waals surface area contributed by atoms with Crippen LogP contribution in [0.4, 0.5) is 0 Å². The first-order valence-electron chi connectivity index (χ1n) is 4.54. The van der Waals surface area contributed by atoms with E-state index in [2.05, 4.69) is 52.1 Å². The molecule has 0 aromatic rings. The lowest BCUT2D eigenvalue weighted by molar-refractivity contribution is 0.635. The fraction of sp³-hybridized carbons (Fsp3) is 1.00. The summed E-state index contributed by atoms with van der Waals surface area (Å²) in [5.74, 6) is 0. The summed E-state index contributed by atoms with van der Waals surface area (Å²) in [5.41, 5.74) is 0. The van der Waals surface area contributed by atoms with E-state index in [4.69, 9.17) is 11.6 Å². The van der Waals surface area contributed by atoms with E-state index in [0.717, 1.165) is 10.3 Å². The molecule has 0 spiro atoms. The Morgan fingerprint density at radius 1 is 1.25 bits per heavy atom. The van der Waals surface area contributed by atoms with Crippen molar-refractivity contribution in [2.75, 3.05) is 4.43 Å². The normalized spacial score (nSPS) is 16.0. The molecule has 2 unspecified atom stereocenters. The Bertz CT molecular complexity index is 98.5. The molecule has 2 atom stereocenters. The molecule has 0 saturated carbocycles. The Morgan fingerprint density at radius 2 is 1.92 bits per heavy atom. The molecule has 0 aliphatic rings. The lowest BCUT2D eigenvalue weighted by Gasteiger charge is -2.10. The molecule has 0 bridgehead atoms. The molecule has 0 radical (unpaired) electrons. The van der Waals surface area contributed by atoms with E-state index in [1.807, 2.05) is 0 Å². The molecule has 0 heterocycles. The van der Waals surface area contributed by atoms with Gasteiger partial charge in [0.25, 0.3) is 0 Å². The van der Waals surface area contributed by atoms with Gasteiger partial charge in [-0.25, -0.2) is 0 Å². The zero-order valence-corrected chi connectivity index (χ0v) is 12.6. The highest BCUT2D eigenvalue weighted by molar-refractivity contribution is 14.1. The second-order valence-electron chi connectivity index (χ2n) is 3.01. The molecule has 0 amide bonds. The summed E-state index contributed by atoms with van der Waals surface area (Å²) in [6, 6.07) is 0. The summed E-state index contributed by atoms with van der Waals surface area (Å²) >= 11 is 11.0. The maximum absolute atomic E-state index is 6.04. The molecule has 0 aromatic heterocycles. The van der Waals surface area contributed by atoms with Crippen LogP contribution in [0.2, 0.25) is 0 Å². The SMILES string of the molecule is CCC(Cl)CCC(I)CCCI. The van der Waals surface area contributed by atoms with Crippen LogP contribution in [0.5, 0.6) is 0 Å². The summed E-state index contributed by atoms with van der Waals surface area (Å²) in [7, 11) is 0. The summed E-state index contributed by atoms with van der Waals surface area (Å²) in [6.07, 6.45) is 6.30. The zero-order chi connectivity index (χ0) is 9.40. The smallest absolute Gasteiger partial charge is 0.0333 e. The van der Waals surface area contributed by atoms with Crippen molar-refractivity contribution in [3.8, 4) is 0 Å². The summed E-state index contributed by atoms with van der Waals surface area (Å²) in [6.45, 7) is 2.16. The van der Waals surface area contributed by atoms with Gasteiger partial charge >= 0.3 is 0 Å². The minimum Gasteiger partial charge on any atom is -0.123 e. The van der Waals surface area contributed by atoms with E-state index in [-0.39, 0.29) is 0 Å². The van der Waals surface area contributed by atoms with Gasteiger partial charge in [0.1, 0.15) is 0 Å². The van der Waals surface area contributed by atoms with Crippen LogP contribution in [-0.2, 0) is 0 Å². The molecule has 0 fully saturated rings. The molecule has 0 rings (SSSR count). The van der Waals surface area contributed by atoms with E-state index in [1.165, 1.54) is 30.1 Å². The van der Waals surface area contributed by atoms with Gasteiger partial charge in [-0.1, -0.05) is 52.1 Å². The third-order valence-electron chi connectivity index (χ3n) is 1.89. The molecule has 12 heavy (non-hydrogen) atoms. The van der Waals surface area contributed by atoms with Crippen molar-refractivity contribution in [3.63, 3.8) is 0 Å². The minimum atomic E-state index is 0.405. The standard InChI is InChI=1S/C9H17ClI2/c1-2-8(10)5-6-9(12)4-3-7-11/h8-9H,2-7H2,1H3. The monoisotopic (exact) mass is 414 g/mol. The van der Waals surface area contributed by atoms with E-state index in [1.54, 1.807) is 0 Å². The number of halogens is 3. The van der Waals surface area contributed by atoms with Crippen molar-refractivity contribution < 1.29 is 0 Å². The van der Waals surface area contributed by atoms with Gasteiger partial charge in [-0.15, -0.1) is 11.6 Å². The first kappa shape index (κ1) is 13.8. The van der Waals surface area contributed by atoms with Gasteiger partial charge < -0.3 is 0 Å². The van der Waals surface area contributed by atoms with Gasteiger partial charge in [-0.2, -0.15) is 0 Å². The average Bonchev–Trinajstić information content (AvgIpc) is 2.10. The highest BCUT2D eigenvalue weighted by Gasteiger charge is 2.07. The Balaban J connectivity index is 3.24. The van der Waals surface area contributed by atoms with Crippen molar-refractivity contribution in [2.24, 2.45) is 0 Å². The number of rotatable bonds is 7. The van der Waals surface area contributed by atoms with Gasteiger partial charge in [0, 0.05) is 9.30 Å². The molecule has 0 saturated heterocycles. The quantitative estimate of drug-likeness (QED) is 0.415. The van der Waals surface area contributed by atoms with Crippen molar-refractivity contribution in [2.45, 2.75) is 48.3 Å². The van der Waals surface area contributed by atoms with Crippen LogP contribution in [0.15, 0.2) is 0 Å². The van der Waals surface area contributed by atoms with Gasteiger partial charge in [0.15, 0.2) is 0 Å². The van der Waals surface area contributed by atoms with E-state index < -0.39 is 0 Å². The van der Waals surface area contributed by atoms with Crippen LogP contribution in [0.1, 0.15) is 39.0 Å². The fourth-order valence-corrected chi connectivity index (χ4v) is 2.38. The second-order valence-corrected chi connectivity index (χ2v) is 6.47. The zero-order valence-electron chi connectivity index (χ0n) is 7.53. The van der Waals surface area contributed by atoms with Gasteiger partial charge in [0.2, 0.25) is 0 Å². The lowest BCUT2D eigenvalue weighted by atomic mass is 10.1. The van der Waals surface area contributed by atoms with E-state index in [9.17, 15) is 0 Å². The fourth-order valence-electron chi connectivity index (χ4n) is 1.01. The highest BCUT2D eigenvalue weighted by Crippen LogP contribution is 2.19. The van der Waals surface area contributed by atoms with Crippen LogP contribution in [-0.4, -0.2) is 13.7 Å². The molecular formula is C9H17ClI2. The van der Waals surface area contributed by atoms with E-state index >= 15 is 0 Å². The van der Waals surface area contributed by atoms with Gasteiger partial charge in [-0.05, 0) is 36.5 Å². The van der Waals surface area contributed by atoms with Gasteiger partial charge in [0.05, 0.1) is 0 Å². The molecule has 74 valence electrons. The molecule has 0 N–H and O–H groups in total. The van der Waals surface area contributed by atoms with Gasteiger partial charge in [-0.3, -0.25) is 0 Å². The van der Waals surface area contributed by atoms with Crippen LogP contribution >= 0.6 is 56.8 Å². The third-order valence-corrected chi connectivity index (χ3v) is 4.42. The average molecular weight is 414 g/mol. The highest BCUT2D eigenvalue weighted by atomic mass is 127. The van der Waals surface area contributed by atoms with Crippen molar-refractivity contribution >= 4 is 56.8 Å². The maximum atomic E-state index is 6.04. The summed E-state index contributed by atoms with van der Waals surface area (Å²) in [5, 5.41) is 0.405.